The van der Waals surface area contributed by atoms with Gasteiger partial charge in [0.2, 0.25) is 0 Å². The van der Waals surface area contributed by atoms with Crippen molar-refractivity contribution in [2.45, 2.75) is 0 Å². The first-order chi connectivity index (χ1) is 7.75. The molecule has 3 rings (SSSR count). The van der Waals surface area contributed by atoms with Crippen LogP contribution in [0.15, 0.2) is 48.5 Å². The van der Waals surface area contributed by atoms with Crippen LogP contribution in [-0.4, -0.2) is 5.11 Å². The van der Waals surface area contributed by atoms with Crippen molar-refractivity contribution >= 4 is 44.1 Å². The largest absolute Gasteiger partial charge is 0.507 e. The number of benzene rings is 3. The summed E-state index contributed by atoms with van der Waals surface area (Å²) in [7, 11) is 0. The highest BCUT2D eigenvalue weighted by Crippen LogP contribution is 2.31. The second kappa shape index (κ2) is 3.63. The predicted octanol–water partition coefficient (Wildman–Crippen LogP) is 4.30. The smallest absolute Gasteiger partial charge is 0.129 e. The zero-order valence-electron chi connectivity index (χ0n) is 8.44. The van der Waals surface area contributed by atoms with Crippen molar-refractivity contribution in [3.63, 3.8) is 0 Å². The molecule has 3 aromatic carbocycles. The van der Waals surface area contributed by atoms with Crippen LogP contribution in [0.2, 0.25) is 0 Å². The van der Waals surface area contributed by atoms with E-state index >= 15 is 0 Å². The highest BCUT2D eigenvalue weighted by molar-refractivity contribution is 14.1. The fourth-order valence-corrected chi connectivity index (χ4v) is 2.61. The van der Waals surface area contributed by atoms with Crippen LogP contribution in [0.4, 0.5) is 0 Å². The van der Waals surface area contributed by atoms with Gasteiger partial charge in [0.25, 0.3) is 0 Å². The average molecular weight is 320 g/mol. The van der Waals surface area contributed by atoms with Crippen molar-refractivity contribution in [1.29, 1.82) is 0 Å². The van der Waals surface area contributed by atoms with E-state index in [9.17, 15) is 5.11 Å². The van der Waals surface area contributed by atoms with E-state index in [2.05, 4.69) is 46.9 Å². The van der Waals surface area contributed by atoms with E-state index in [0.717, 1.165) is 8.96 Å². The lowest BCUT2D eigenvalue weighted by Gasteiger charge is -2.05. The van der Waals surface area contributed by atoms with E-state index in [1.807, 2.05) is 18.2 Å². The molecule has 0 aromatic heterocycles. The van der Waals surface area contributed by atoms with Crippen molar-refractivity contribution in [1.82, 2.24) is 0 Å². The summed E-state index contributed by atoms with van der Waals surface area (Å²) < 4.78 is 0.917. The highest BCUT2D eigenvalue weighted by Gasteiger charge is 2.04. The first-order valence-corrected chi connectivity index (χ1v) is 6.13. The number of hydrogen-bond donors (Lipinski definition) is 1. The van der Waals surface area contributed by atoms with Gasteiger partial charge in [0.15, 0.2) is 0 Å². The Balaban J connectivity index is 2.51. The fourth-order valence-electron chi connectivity index (χ4n) is 1.97. The van der Waals surface area contributed by atoms with Crippen LogP contribution < -0.4 is 0 Å². The van der Waals surface area contributed by atoms with Crippen LogP contribution in [-0.2, 0) is 0 Å². The summed E-state index contributed by atoms with van der Waals surface area (Å²) >= 11 is 2.19. The second-order valence-corrected chi connectivity index (χ2v) is 4.90. The molecule has 0 amide bonds. The third-order valence-electron chi connectivity index (χ3n) is 2.80. The van der Waals surface area contributed by atoms with Crippen molar-refractivity contribution in [3.8, 4) is 5.75 Å². The second-order valence-electron chi connectivity index (χ2n) is 3.82. The van der Waals surface area contributed by atoms with Crippen LogP contribution in [0.25, 0.3) is 21.5 Å². The van der Waals surface area contributed by atoms with Gasteiger partial charge >= 0.3 is 0 Å². The molecule has 0 saturated heterocycles. The van der Waals surface area contributed by atoms with Gasteiger partial charge in [0.05, 0.1) is 3.57 Å². The molecular weight excluding hydrogens is 311 g/mol. The molecule has 0 fully saturated rings. The summed E-state index contributed by atoms with van der Waals surface area (Å²) in [5, 5.41) is 14.4. The summed E-state index contributed by atoms with van der Waals surface area (Å²) in [5.41, 5.74) is 0. The molecule has 78 valence electrons. The molecule has 0 aliphatic rings. The number of phenols is 1. The van der Waals surface area contributed by atoms with Gasteiger partial charge in [-0.2, -0.15) is 0 Å². The molecule has 0 saturated carbocycles. The maximum atomic E-state index is 9.68. The minimum atomic E-state index is 0.350. The minimum absolute atomic E-state index is 0.350. The SMILES string of the molecule is Oc1ccc2cc3ccccc3cc2c1I. The molecule has 0 spiro atoms. The third kappa shape index (κ3) is 1.45. The van der Waals surface area contributed by atoms with Gasteiger partial charge < -0.3 is 5.11 Å². The molecule has 0 bridgehead atoms. The lowest BCUT2D eigenvalue weighted by Crippen LogP contribution is -1.80. The Morgan fingerprint density at radius 3 is 2.25 bits per heavy atom. The number of rotatable bonds is 0. The van der Waals surface area contributed by atoms with Gasteiger partial charge in [-0.1, -0.05) is 30.3 Å². The number of aromatic hydroxyl groups is 1. The molecule has 3 aromatic rings. The minimum Gasteiger partial charge on any atom is -0.507 e. The Hall–Kier alpha value is -1.29. The van der Waals surface area contributed by atoms with E-state index in [1.54, 1.807) is 6.07 Å². The molecule has 1 nitrogen and oxygen atoms in total. The number of halogens is 1. The van der Waals surface area contributed by atoms with Crippen molar-refractivity contribution in [2.75, 3.05) is 0 Å². The van der Waals surface area contributed by atoms with Crippen LogP contribution in [0.1, 0.15) is 0 Å². The van der Waals surface area contributed by atoms with E-state index in [0.29, 0.717) is 5.75 Å². The lowest BCUT2D eigenvalue weighted by atomic mass is 10.0. The molecule has 0 heterocycles. The maximum absolute atomic E-state index is 9.68. The third-order valence-corrected chi connectivity index (χ3v) is 3.93. The summed E-state index contributed by atoms with van der Waals surface area (Å²) in [5.74, 6) is 0.350. The monoisotopic (exact) mass is 320 g/mol. The molecule has 1 N–H and O–H groups in total. The maximum Gasteiger partial charge on any atom is 0.129 e. The Morgan fingerprint density at radius 2 is 1.50 bits per heavy atom. The van der Waals surface area contributed by atoms with Crippen molar-refractivity contribution in [3.05, 3.63) is 52.1 Å². The Bertz CT molecular complexity index is 689. The van der Waals surface area contributed by atoms with Crippen molar-refractivity contribution < 1.29 is 5.11 Å². The predicted molar refractivity (Wildman–Crippen MR) is 75.8 cm³/mol. The van der Waals surface area contributed by atoms with E-state index in [4.69, 9.17) is 0 Å². The van der Waals surface area contributed by atoms with E-state index in [-0.39, 0.29) is 0 Å². The van der Waals surface area contributed by atoms with Crippen LogP contribution in [0.5, 0.6) is 5.75 Å². The number of hydrogen-bond acceptors (Lipinski definition) is 1. The molecule has 0 aliphatic carbocycles. The highest BCUT2D eigenvalue weighted by atomic mass is 127. The zero-order valence-corrected chi connectivity index (χ0v) is 10.6. The number of fused-ring (bicyclic) bond motifs is 2. The summed E-state index contributed by atoms with van der Waals surface area (Å²) in [4.78, 5) is 0. The first kappa shape index (κ1) is 9.90. The Labute approximate surface area is 107 Å². The Kier molecular flexibility index (Phi) is 2.24. The molecule has 16 heavy (non-hydrogen) atoms. The van der Waals surface area contributed by atoms with Crippen molar-refractivity contribution in [2.24, 2.45) is 0 Å². The normalized spacial score (nSPS) is 11.1. The Morgan fingerprint density at radius 1 is 0.812 bits per heavy atom. The van der Waals surface area contributed by atoms with Gasteiger partial charge in [-0.15, -0.1) is 0 Å². The molecule has 0 radical (unpaired) electrons. The topological polar surface area (TPSA) is 20.2 Å². The molecule has 0 unspecified atom stereocenters. The molecule has 0 atom stereocenters. The molecule has 2 heteroatoms. The van der Waals surface area contributed by atoms with Crippen LogP contribution >= 0.6 is 22.6 Å². The quantitative estimate of drug-likeness (QED) is 0.484. The van der Waals surface area contributed by atoms with Gasteiger partial charge in [0, 0.05) is 0 Å². The van der Waals surface area contributed by atoms with E-state index < -0.39 is 0 Å². The zero-order chi connectivity index (χ0) is 11.1. The summed E-state index contributed by atoms with van der Waals surface area (Å²) in [6.45, 7) is 0. The summed E-state index contributed by atoms with van der Waals surface area (Å²) in [6.07, 6.45) is 0. The first-order valence-electron chi connectivity index (χ1n) is 5.06. The van der Waals surface area contributed by atoms with Crippen LogP contribution in [0, 0.1) is 3.57 Å². The standard InChI is InChI=1S/C14H9IO/c15-14-12-8-10-4-2-1-3-9(10)7-11(12)5-6-13(14)16/h1-8,16H. The fraction of sp³-hybridized carbons (Fsp3) is 0. The van der Waals surface area contributed by atoms with Gasteiger partial charge in [-0.25, -0.2) is 0 Å². The van der Waals surface area contributed by atoms with Gasteiger partial charge in [-0.3, -0.25) is 0 Å². The summed E-state index contributed by atoms with van der Waals surface area (Å²) in [6, 6.07) is 16.3. The van der Waals surface area contributed by atoms with Gasteiger partial charge in [-0.05, 0) is 62.3 Å². The molecule has 0 aliphatic heterocycles. The average Bonchev–Trinajstić information content (AvgIpc) is 2.32. The van der Waals surface area contributed by atoms with E-state index in [1.165, 1.54) is 16.2 Å². The lowest BCUT2D eigenvalue weighted by molar-refractivity contribution is 0.472. The number of phenolic OH excluding ortho intramolecular Hbond substituents is 1. The van der Waals surface area contributed by atoms with Gasteiger partial charge in [0.1, 0.15) is 5.75 Å². The molecular formula is C14H9IO. The van der Waals surface area contributed by atoms with Crippen LogP contribution in [0.3, 0.4) is 0 Å².